The summed E-state index contributed by atoms with van der Waals surface area (Å²) in [4.78, 5) is 12.2. The third kappa shape index (κ3) is 4.39. The minimum Gasteiger partial charge on any atom is -0.374 e. The Morgan fingerprint density at radius 3 is 2.45 bits per heavy atom. The molecule has 0 fully saturated rings. The molecule has 0 radical (unpaired) electrons. The van der Waals surface area contributed by atoms with Gasteiger partial charge in [-0.3, -0.25) is 4.79 Å². The highest BCUT2D eigenvalue weighted by atomic mass is 35.5. The van der Waals surface area contributed by atoms with Crippen molar-refractivity contribution in [2.75, 3.05) is 10.6 Å². The van der Waals surface area contributed by atoms with Crippen LogP contribution in [-0.2, 0) is 11.2 Å². The molecule has 0 saturated carbocycles. The summed E-state index contributed by atoms with van der Waals surface area (Å²) < 4.78 is 0. The zero-order valence-electron chi connectivity index (χ0n) is 12.5. The second kappa shape index (κ2) is 7.52. The molecule has 0 aromatic heterocycles. The van der Waals surface area contributed by atoms with Crippen LogP contribution >= 0.6 is 23.2 Å². The van der Waals surface area contributed by atoms with Gasteiger partial charge in [-0.25, -0.2) is 0 Å². The van der Waals surface area contributed by atoms with Gasteiger partial charge in [0.05, 0.1) is 10.7 Å². The Hall–Kier alpha value is -1.71. The molecule has 0 bridgehead atoms. The maximum Gasteiger partial charge on any atom is 0.246 e. The molecular weight excluding hydrogens is 319 g/mol. The van der Waals surface area contributed by atoms with Gasteiger partial charge in [0.25, 0.3) is 0 Å². The highest BCUT2D eigenvalue weighted by Crippen LogP contribution is 2.25. The molecule has 0 aliphatic heterocycles. The standard InChI is InChI=1S/C17H18Cl2N2O/c1-3-12-4-7-14(8-5-12)20-11(2)17(22)21-16-10-13(18)6-9-15(16)19/h4-11,20H,3H2,1-2H3,(H,21,22)/t11-/m0/s1. The highest BCUT2D eigenvalue weighted by molar-refractivity contribution is 6.35. The van der Waals surface area contributed by atoms with E-state index in [2.05, 4.69) is 17.6 Å². The number of nitrogens with one attached hydrogen (secondary N) is 2. The maximum atomic E-state index is 12.2. The molecule has 2 rings (SSSR count). The lowest BCUT2D eigenvalue weighted by atomic mass is 10.1. The van der Waals surface area contributed by atoms with Crippen LogP contribution in [0.2, 0.25) is 10.0 Å². The van der Waals surface area contributed by atoms with E-state index in [4.69, 9.17) is 23.2 Å². The number of hydrogen-bond donors (Lipinski definition) is 2. The van der Waals surface area contributed by atoms with E-state index < -0.39 is 6.04 Å². The molecule has 0 heterocycles. The smallest absolute Gasteiger partial charge is 0.246 e. The Balaban J connectivity index is 2.00. The average Bonchev–Trinajstić information content (AvgIpc) is 2.51. The number of carbonyl (C=O) groups is 1. The molecule has 2 N–H and O–H groups in total. The molecule has 0 unspecified atom stereocenters. The van der Waals surface area contributed by atoms with Crippen LogP contribution in [-0.4, -0.2) is 11.9 Å². The van der Waals surface area contributed by atoms with E-state index in [1.165, 1.54) is 5.56 Å². The van der Waals surface area contributed by atoms with E-state index in [-0.39, 0.29) is 5.91 Å². The van der Waals surface area contributed by atoms with Crippen LogP contribution in [0.4, 0.5) is 11.4 Å². The Bertz CT molecular complexity index is 656. The Morgan fingerprint density at radius 1 is 1.14 bits per heavy atom. The van der Waals surface area contributed by atoms with Gasteiger partial charge in [0.2, 0.25) is 5.91 Å². The van der Waals surface area contributed by atoms with Gasteiger partial charge in [-0.05, 0) is 49.2 Å². The quantitative estimate of drug-likeness (QED) is 0.806. The first kappa shape index (κ1) is 16.7. The van der Waals surface area contributed by atoms with Crippen LogP contribution in [0.5, 0.6) is 0 Å². The van der Waals surface area contributed by atoms with Gasteiger partial charge in [0.1, 0.15) is 6.04 Å². The minimum absolute atomic E-state index is 0.177. The summed E-state index contributed by atoms with van der Waals surface area (Å²) in [6, 6.07) is 12.6. The predicted octanol–water partition coefficient (Wildman–Crippen LogP) is 4.99. The molecule has 3 nitrogen and oxygen atoms in total. The first-order valence-corrected chi connectivity index (χ1v) is 7.86. The second-order valence-corrected chi connectivity index (χ2v) is 5.87. The fourth-order valence-corrected chi connectivity index (χ4v) is 2.32. The number of amides is 1. The summed E-state index contributed by atoms with van der Waals surface area (Å²) in [5.41, 5.74) is 2.67. The maximum absolute atomic E-state index is 12.2. The van der Waals surface area contributed by atoms with Crippen LogP contribution in [0.25, 0.3) is 0 Å². The number of benzene rings is 2. The van der Waals surface area contributed by atoms with E-state index >= 15 is 0 Å². The molecular formula is C17H18Cl2N2O. The van der Waals surface area contributed by atoms with Gasteiger partial charge in [0.15, 0.2) is 0 Å². The largest absolute Gasteiger partial charge is 0.374 e. The van der Waals surface area contributed by atoms with Gasteiger partial charge < -0.3 is 10.6 Å². The SMILES string of the molecule is CCc1ccc(N[C@@H](C)C(=O)Nc2cc(Cl)ccc2Cl)cc1. The van der Waals surface area contributed by atoms with Crippen molar-refractivity contribution in [3.05, 3.63) is 58.1 Å². The number of halogens is 2. The first-order valence-electron chi connectivity index (χ1n) is 7.11. The molecule has 0 saturated heterocycles. The molecule has 0 spiro atoms. The lowest BCUT2D eigenvalue weighted by molar-refractivity contribution is -0.116. The minimum atomic E-state index is -0.400. The molecule has 116 valence electrons. The summed E-state index contributed by atoms with van der Waals surface area (Å²) in [5.74, 6) is -0.177. The topological polar surface area (TPSA) is 41.1 Å². The zero-order valence-corrected chi connectivity index (χ0v) is 14.0. The van der Waals surface area contributed by atoms with Crippen LogP contribution in [0.15, 0.2) is 42.5 Å². The molecule has 2 aromatic rings. The normalized spacial score (nSPS) is 11.8. The van der Waals surface area contributed by atoms with E-state index in [1.807, 2.05) is 24.3 Å². The van der Waals surface area contributed by atoms with E-state index in [0.29, 0.717) is 15.7 Å². The van der Waals surface area contributed by atoms with E-state index in [0.717, 1.165) is 12.1 Å². The average molecular weight is 337 g/mol. The van der Waals surface area contributed by atoms with Gasteiger partial charge in [0, 0.05) is 10.7 Å². The van der Waals surface area contributed by atoms with Crippen molar-refractivity contribution in [3.63, 3.8) is 0 Å². The summed E-state index contributed by atoms with van der Waals surface area (Å²) in [5, 5.41) is 6.91. The van der Waals surface area contributed by atoms with Crippen molar-refractivity contribution in [1.29, 1.82) is 0 Å². The van der Waals surface area contributed by atoms with Crippen molar-refractivity contribution >= 4 is 40.5 Å². The van der Waals surface area contributed by atoms with Gasteiger partial charge >= 0.3 is 0 Å². The Morgan fingerprint density at radius 2 is 1.82 bits per heavy atom. The van der Waals surface area contributed by atoms with Crippen LogP contribution in [0.3, 0.4) is 0 Å². The summed E-state index contributed by atoms with van der Waals surface area (Å²) in [7, 11) is 0. The summed E-state index contributed by atoms with van der Waals surface area (Å²) >= 11 is 12.0. The van der Waals surface area contributed by atoms with Crippen molar-refractivity contribution in [2.24, 2.45) is 0 Å². The van der Waals surface area contributed by atoms with Crippen molar-refractivity contribution < 1.29 is 4.79 Å². The lowest BCUT2D eigenvalue weighted by Gasteiger charge is -2.16. The molecule has 1 amide bonds. The van der Waals surface area contributed by atoms with Gasteiger partial charge in [-0.2, -0.15) is 0 Å². The van der Waals surface area contributed by atoms with Crippen LogP contribution in [0.1, 0.15) is 19.4 Å². The monoisotopic (exact) mass is 336 g/mol. The van der Waals surface area contributed by atoms with Crippen molar-refractivity contribution in [1.82, 2.24) is 0 Å². The van der Waals surface area contributed by atoms with Crippen LogP contribution in [0, 0.1) is 0 Å². The third-order valence-electron chi connectivity index (χ3n) is 3.32. The van der Waals surface area contributed by atoms with Gasteiger partial charge in [-0.1, -0.05) is 42.3 Å². The number of aryl methyl sites for hydroxylation is 1. The summed E-state index contributed by atoms with van der Waals surface area (Å²) in [6.07, 6.45) is 0.990. The first-order chi connectivity index (χ1) is 10.5. The lowest BCUT2D eigenvalue weighted by Crippen LogP contribution is -2.31. The molecule has 0 aliphatic carbocycles. The predicted molar refractivity (Wildman–Crippen MR) is 94.0 cm³/mol. The van der Waals surface area contributed by atoms with Gasteiger partial charge in [-0.15, -0.1) is 0 Å². The molecule has 5 heteroatoms. The third-order valence-corrected chi connectivity index (χ3v) is 3.89. The number of hydrogen-bond acceptors (Lipinski definition) is 2. The Labute approximate surface area is 140 Å². The molecule has 22 heavy (non-hydrogen) atoms. The number of rotatable bonds is 5. The zero-order chi connectivity index (χ0) is 16.1. The number of anilines is 2. The molecule has 1 atom stereocenters. The fourth-order valence-electron chi connectivity index (χ4n) is 1.99. The molecule has 2 aromatic carbocycles. The van der Waals surface area contributed by atoms with E-state index in [9.17, 15) is 4.79 Å². The highest BCUT2D eigenvalue weighted by Gasteiger charge is 2.14. The molecule has 0 aliphatic rings. The second-order valence-electron chi connectivity index (χ2n) is 5.03. The Kier molecular flexibility index (Phi) is 5.69. The van der Waals surface area contributed by atoms with Crippen LogP contribution < -0.4 is 10.6 Å². The van der Waals surface area contributed by atoms with Crippen molar-refractivity contribution in [2.45, 2.75) is 26.3 Å². The van der Waals surface area contributed by atoms with E-state index in [1.54, 1.807) is 25.1 Å². The fraction of sp³-hybridized carbons (Fsp3) is 0.235. The van der Waals surface area contributed by atoms with Crippen molar-refractivity contribution in [3.8, 4) is 0 Å². The summed E-state index contributed by atoms with van der Waals surface area (Å²) in [6.45, 7) is 3.90. The number of carbonyl (C=O) groups excluding carboxylic acids is 1.